The fourth-order valence-corrected chi connectivity index (χ4v) is 5.10. The molecule has 0 unspecified atom stereocenters. The Morgan fingerprint density at radius 1 is 1.07 bits per heavy atom. The SMILES string of the molecule is C[C@H]1[C@H](NC(=O)/C(=N\OC(C)(C)C(=O)OC(c2ccccc2)c2ccccc2)c2csc(N)n2)C(=O)N1C(=O)NS(C)(=O)=O. The Hall–Kier alpha value is -4.83. The summed E-state index contributed by atoms with van der Waals surface area (Å²) in [5.74, 6) is -2.55. The number of nitrogens with two attached hydrogens (primary N) is 1. The van der Waals surface area contributed by atoms with Gasteiger partial charge in [-0.1, -0.05) is 65.8 Å². The maximum Gasteiger partial charge on any atom is 0.353 e. The molecule has 4 rings (SSSR count). The third kappa shape index (κ3) is 7.38. The number of nitrogens with zero attached hydrogens (tertiary/aromatic N) is 3. The molecule has 4 amide bonds. The van der Waals surface area contributed by atoms with E-state index in [0.29, 0.717) is 4.90 Å². The Balaban J connectivity index is 1.52. The van der Waals surface area contributed by atoms with Gasteiger partial charge in [-0.2, -0.15) is 0 Å². The summed E-state index contributed by atoms with van der Waals surface area (Å²) in [5.41, 5.74) is 5.10. The average molecular weight is 643 g/mol. The summed E-state index contributed by atoms with van der Waals surface area (Å²) in [6.45, 7) is 4.26. The zero-order valence-corrected chi connectivity index (χ0v) is 25.7. The molecule has 0 spiro atoms. The monoisotopic (exact) mass is 642 g/mol. The first-order valence-electron chi connectivity index (χ1n) is 13.1. The van der Waals surface area contributed by atoms with E-state index < -0.39 is 63.3 Å². The van der Waals surface area contributed by atoms with Gasteiger partial charge in [0, 0.05) is 5.38 Å². The highest BCUT2D eigenvalue weighted by Crippen LogP contribution is 2.29. The fourth-order valence-electron chi connectivity index (χ4n) is 4.14. The number of β-lactam (4-membered cyclic amide) rings is 1. The van der Waals surface area contributed by atoms with Crippen LogP contribution in [0.3, 0.4) is 0 Å². The van der Waals surface area contributed by atoms with Crippen LogP contribution in [-0.4, -0.2) is 71.8 Å². The maximum atomic E-state index is 13.4. The molecule has 44 heavy (non-hydrogen) atoms. The summed E-state index contributed by atoms with van der Waals surface area (Å²) in [5, 5.41) is 7.92. The second-order valence-corrected chi connectivity index (χ2v) is 12.9. The minimum absolute atomic E-state index is 0.00622. The number of oxime groups is 1. The summed E-state index contributed by atoms with van der Waals surface area (Å²) < 4.78 is 30.4. The molecule has 2 heterocycles. The number of imide groups is 1. The van der Waals surface area contributed by atoms with Crippen LogP contribution in [0.4, 0.5) is 9.93 Å². The molecule has 2 atom stereocenters. The lowest BCUT2D eigenvalue weighted by atomic mass is 9.97. The Labute approximate surface area is 257 Å². The number of carbonyl (C=O) groups is 4. The summed E-state index contributed by atoms with van der Waals surface area (Å²) in [4.78, 5) is 61.8. The first-order valence-corrected chi connectivity index (χ1v) is 15.9. The number of carbonyl (C=O) groups excluding carboxylic acids is 4. The lowest BCUT2D eigenvalue weighted by Crippen LogP contribution is -2.73. The number of amides is 4. The van der Waals surface area contributed by atoms with Crippen molar-refractivity contribution in [3.05, 3.63) is 82.9 Å². The number of likely N-dealkylation sites (tertiary alicyclic amines) is 1. The lowest BCUT2D eigenvalue weighted by molar-refractivity contribution is -0.172. The quantitative estimate of drug-likeness (QED) is 0.127. The number of thiazole rings is 1. The molecule has 16 heteroatoms. The van der Waals surface area contributed by atoms with E-state index in [-0.39, 0.29) is 10.8 Å². The second kappa shape index (κ2) is 12.8. The predicted octanol–water partition coefficient (Wildman–Crippen LogP) is 1.94. The van der Waals surface area contributed by atoms with Gasteiger partial charge in [0.25, 0.3) is 11.8 Å². The number of hydrogen-bond acceptors (Lipinski definition) is 12. The van der Waals surface area contributed by atoms with Crippen LogP contribution in [-0.2, 0) is 34.0 Å². The van der Waals surface area contributed by atoms with Crippen molar-refractivity contribution in [2.24, 2.45) is 5.16 Å². The lowest BCUT2D eigenvalue weighted by Gasteiger charge is -2.43. The zero-order valence-electron chi connectivity index (χ0n) is 24.1. The van der Waals surface area contributed by atoms with Gasteiger partial charge in [0.2, 0.25) is 15.6 Å². The number of benzene rings is 2. The van der Waals surface area contributed by atoms with E-state index in [9.17, 15) is 27.6 Å². The molecule has 3 aromatic rings. The molecular formula is C28H30N6O8S2. The third-order valence-electron chi connectivity index (χ3n) is 6.44. The van der Waals surface area contributed by atoms with Gasteiger partial charge in [0.1, 0.15) is 11.7 Å². The Kier molecular flexibility index (Phi) is 9.34. The Morgan fingerprint density at radius 2 is 1.64 bits per heavy atom. The van der Waals surface area contributed by atoms with E-state index in [4.69, 9.17) is 15.3 Å². The van der Waals surface area contributed by atoms with E-state index in [1.165, 1.54) is 26.2 Å². The van der Waals surface area contributed by atoms with Crippen LogP contribution in [0.15, 0.2) is 71.2 Å². The summed E-state index contributed by atoms with van der Waals surface area (Å²) in [7, 11) is -3.92. The molecule has 1 fully saturated rings. The number of rotatable bonds is 10. The number of anilines is 1. The molecule has 0 radical (unpaired) electrons. The smallest absolute Gasteiger partial charge is 0.353 e. The van der Waals surface area contributed by atoms with Crippen LogP contribution in [0, 0.1) is 0 Å². The summed E-state index contributed by atoms with van der Waals surface area (Å²) in [6, 6.07) is 15.0. The number of urea groups is 1. The normalized spacial score (nSPS) is 17.1. The zero-order chi connectivity index (χ0) is 32.2. The fraction of sp³-hybridized carbons (Fsp3) is 0.286. The summed E-state index contributed by atoms with van der Waals surface area (Å²) in [6.07, 6.45) is 0.00845. The van der Waals surface area contributed by atoms with E-state index in [1.807, 2.05) is 60.7 Å². The van der Waals surface area contributed by atoms with Crippen LogP contribution in [0.2, 0.25) is 0 Å². The molecule has 0 saturated carbocycles. The molecule has 1 aromatic heterocycles. The Bertz CT molecular complexity index is 1650. The van der Waals surface area contributed by atoms with Crippen LogP contribution in [0.5, 0.6) is 0 Å². The predicted molar refractivity (Wildman–Crippen MR) is 161 cm³/mol. The third-order valence-corrected chi connectivity index (χ3v) is 7.66. The van der Waals surface area contributed by atoms with Gasteiger partial charge in [0.05, 0.1) is 12.3 Å². The van der Waals surface area contributed by atoms with Crippen molar-refractivity contribution in [2.75, 3.05) is 12.0 Å². The minimum atomic E-state index is -3.92. The topological polar surface area (TPSA) is 199 Å². The molecular weight excluding hydrogens is 612 g/mol. The first kappa shape index (κ1) is 32.1. The molecule has 1 saturated heterocycles. The molecule has 4 N–H and O–H groups in total. The van der Waals surface area contributed by atoms with Gasteiger partial charge in [-0.05, 0) is 31.9 Å². The van der Waals surface area contributed by atoms with Crippen LogP contribution in [0.25, 0.3) is 0 Å². The number of sulfonamides is 1. The number of nitrogens with one attached hydrogen (secondary N) is 2. The minimum Gasteiger partial charge on any atom is -0.450 e. The summed E-state index contributed by atoms with van der Waals surface area (Å²) >= 11 is 1.02. The number of ether oxygens (including phenoxy) is 1. The number of nitrogen functional groups attached to an aromatic ring is 1. The van der Waals surface area contributed by atoms with Crippen LogP contribution >= 0.6 is 11.3 Å². The highest BCUT2D eigenvalue weighted by molar-refractivity contribution is 7.89. The highest BCUT2D eigenvalue weighted by atomic mass is 32.2. The van der Waals surface area contributed by atoms with Gasteiger partial charge in [-0.15, -0.1) is 11.3 Å². The number of aromatic nitrogens is 1. The van der Waals surface area contributed by atoms with Gasteiger partial charge in [-0.3, -0.25) is 14.5 Å². The molecule has 2 aromatic carbocycles. The molecule has 232 valence electrons. The maximum absolute atomic E-state index is 13.4. The highest BCUT2D eigenvalue weighted by Gasteiger charge is 2.50. The molecule has 14 nitrogen and oxygen atoms in total. The Morgan fingerprint density at radius 3 is 2.11 bits per heavy atom. The molecule has 1 aliphatic heterocycles. The van der Waals surface area contributed by atoms with Crippen molar-refractivity contribution in [1.82, 2.24) is 19.9 Å². The largest absolute Gasteiger partial charge is 0.450 e. The number of esters is 1. The van der Waals surface area contributed by atoms with E-state index in [2.05, 4.69) is 15.5 Å². The van der Waals surface area contributed by atoms with Crippen LogP contribution < -0.4 is 15.8 Å². The van der Waals surface area contributed by atoms with E-state index >= 15 is 0 Å². The molecule has 0 bridgehead atoms. The van der Waals surface area contributed by atoms with Crippen molar-refractivity contribution in [3.63, 3.8) is 0 Å². The second-order valence-electron chi connectivity index (χ2n) is 10.3. The van der Waals surface area contributed by atoms with Gasteiger partial charge in [0.15, 0.2) is 16.9 Å². The van der Waals surface area contributed by atoms with E-state index in [1.54, 1.807) is 4.72 Å². The molecule has 1 aliphatic rings. The standard InChI is InChI=1S/C28H30N6O8S2/c1-16-20(24(36)34(16)27(38)33-44(4,39)40)31-23(35)21(19-15-43-26(29)30-19)32-42-28(2,3)25(37)41-22(17-11-7-5-8-12-17)18-13-9-6-10-14-18/h5-16,20,22H,1-4H3,(H2,29,30)(H,31,35)(H,33,38)/b32-21-/t16-,20-/m0/s1. The van der Waals surface area contributed by atoms with Crippen molar-refractivity contribution < 1.29 is 37.2 Å². The van der Waals surface area contributed by atoms with Gasteiger partial charge in [-0.25, -0.2) is 27.7 Å². The van der Waals surface area contributed by atoms with Crippen LogP contribution in [0.1, 0.15) is 43.7 Å². The van der Waals surface area contributed by atoms with Crippen molar-refractivity contribution in [2.45, 2.75) is 44.6 Å². The number of hydrogen-bond donors (Lipinski definition) is 3. The van der Waals surface area contributed by atoms with Crippen molar-refractivity contribution in [3.8, 4) is 0 Å². The van der Waals surface area contributed by atoms with Crippen molar-refractivity contribution in [1.29, 1.82) is 0 Å². The van der Waals surface area contributed by atoms with Crippen molar-refractivity contribution >= 4 is 56.0 Å². The van der Waals surface area contributed by atoms with Gasteiger partial charge < -0.3 is 20.6 Å². The first-order chi connectivity index (χ1) is 20.7. The molecule has 0 aliphatic carbocycles. The average Bonchev–Trinajstić information content (AvgIpc) is 3.40. The van der Waals surface area contributed by atoms with Gasteiger partial charge >= 0.3 is 12.0 Å². The van der Waals surface area contributed by atoms with E-state index in [0.717, 1.165) is 28.7 Å².